The zero-order valence-corrected chi connectivity index (χ0v) is 21.3. The van der Waals surface area contributed by atoms with E-state index in [1.54, 1.807) is 23.7 Å². The molecule has 3 aliphatic heterocycles. The van der Waals surface area contributed by atoms with Gasteiger partial charge in [0, 0.05) is 31.6 Å². The number of fused-ring (bicyclic) bond motifs is 2. The lowest BCUT2D eigenvalue weighted by molar-refractivity contribution is -0.136. The first-order chi connectivity index (χ1) is 17.7. The average Bonchev–Trinajstić information content (AvgIpc) is 3.48. The van der Waals surface area contributed by atoms with E-state index in [0.717, 1.165) is 10.2 Å². The zero-order chi connectivity index (χ0) is 25.9. The second-order valence-corrected chi connectivity index (χ2v) is 12.4. The molecule has 1 N–H and O–H groups in total. The quantitative estimate of drug-likeness (QED) is 0.507. The minimum absolute atomic E-state index is 0.130. The average molecular weight is 543 g/mol. The predicted molar refractivity (Wildman–Crippen MR) is 133 cm³/mol. The normalized spacial score (nSPS) is 21.5. The molecule has 12 heteroatoms. The fraction of sp³-hybridized carbons (Fsp3) is 0.360. The molecule has 3 aliphatic rings. The minimum atomic E-state index is -3.70. The third kappa shape index (κ3) is 4.12. The lowest BCUT2D eigenvalue weighted by Crippen LogP contribution is -2.52. The Morgan fingerprint density at radius 3 is 2.59 bits per heavy atom. The van der Waals surface area contributed by atoms with Crippen molar-refractivity contribution >= 4 is 49.3 Å². The summed E-state index contributed by atoms with van der Waals surface area (Å²) in [5.74, 6) is -1.99. The Labute approximate surface area is 216 Å². The number of carbonyl (C=O) groups is 3. The first-order valence-electron chi connectivity index (χ1n) is 12.0. The van der Waals surface area contributed by atoms with E-state index in [4.69, 9.17) is 0 Å². The van der Waals surface area contributed by atoms with Crippen molar-refractivity contribution in [1.29, 1.82) is 0 Å². The van der Waals surface area contributed by atoms with Crippen molar-refractivity contribution in [3.8, 4) is 0 Å². The Morgan fingerprint density at radius 1 is 1.05 bits per heavy atom. The molecule has 3 aromatic rings. The molecule has 0 bridgehead atoms. The van der Waals surface area contributed by atoms with Crippen molar-refractivity contribution in [3.05, 3.63) is 58.3 Å². The second-order valence-electron chi connectivity index (χ2n) is 9.58. The van der Waals surface area contributed by atoms with Crippen LogP contribution < -0.4 is 5.32 Å². The summed E-state index contributed by atoms with van der Waals surface area (Å²) < 4.78 is 43.5. The van der Waals surface area contributed by atoms with E-state index in [2.05, 4.69) is 10.3 Å². The van der Waals surface area contributed by atoms with Crippen LogP contribution in [-0.2, 0) is 26.2 Å². The maximum absolute atomic E-state index is 14.6. The molecular weight excluding hydrogens is 519 g/mol. The zero-order valence-electron chi connectivity index (χ0n) is 19.6. The standard InChI is InChI=1S/C25H23FN4O5S2/c26-15-9-17(19-12-30(25(33)18(19)10-15)21-3-4-23(31)28-24(21)32)14-5-7-29(8-6-14)37(34,35)16-1-2-20-22(11-16)36-13-27-20/h1-2,9-11,13-14,21H,3-8,12H2,(H,28,31,32). The summed E-state index contributed by atoms with van der Waals surface area (Å²) in [6.45, 7) is 0.692. The van der Waals surface area contributed by atoms with Gasteiger partial charge in [-0.2, -0.15) is 4.31 Å². The summed E-state index contributed by atoms with van der Waals surface area (Å²) in [5.41, 5.74) is 4.02. The number of nitrogens with zero attached hydrogens (tertiary/aromatic N) is 3. The summed E-state index contributed by atoms with van der Waals surface area (Å²) in [5, 5.41) is 2.27. The largest absolute Gasteiger partial charge is 0.322 e. The van der Waals surface area contributed by atoms with E-state index < -0.39 is 33.7 Å². The van der Waals surface area contributed by atoms with E-state index in [1.807, 2.05) is 0 Å². The third-order valence-electron chi connectivity index (χ3n) is 7.49. The highest BCUT2D eigenvalue weighted by atomic mass is 32.2. The predicted octanol–water partition coefficient (Wildman–Crippen LogP) is 2.76. The van der Waals surface area contributed by atoms with Gasteiger partial charge in [-0.25, -0.2) is 17.8 Å². The first kappa shape index (κ1) is 24.1. The molecule has 192 valence electrons. The molecule has 0 aliphatic carbocycles. The van der Waals surface area contributed by atoms with Gasteiger partial charge in [0.2, 0.25) is 21.8 Å². The van der Waals surface area contributed by atoms with Gasteiger partial charge >= 0.3 is 0 Å². The number of thiazole rings is 1. The molecule has 37 heavy (non-hydrogen) atoms. The van der Waals surface area contributed by atoms with E-state index in [1.165, 1.54) is 32.7 Å². The van der Waals surface area contributed by atoms with E-state index >= 15 is 0 Å². The highest BCUT2D eigenvalue weighted by Crippen LogP contribution is 2.38. The Balaban J connectivity index is 1.22. The van der Waals surface area contributed by atoms with Crippen molar-refractivity contribution in [2.24, 2.45) is 0 Å². The van der Waals surface area contributed by atoms with Crippen LogP contribution in [0.1, 0.15) is 53.1 Å². The third-order valence-corrected chi connectivity index (χ3v) is 10.2. The molecule has 0 spiro atoms. The number of halogens is 1. The van der Waals surface area contributed by atoms with Crippen LogP contribution in [-0.4, -0.2) is 59.5 Å². The molecule has 9 nitrogen and oxygen atoms in total. The SMILES string of the molecule is O=C1CCC(N2Cc3c(cc(F)cc3C3CCN(S(=O)(=O)c4ccc5ncsc5c4)CC3)C2=O)C(=O)N1. The first-order valence-corrected chi connectivity index (χ1v) is 14.3. The number of hydrogen-bond donors (Lipinski definition) is 1. The monoisotopic (exact) mass is 542 g/mol. The summed E-state index contributed by atoms with van der Waals surface area (Å²) in [6.07, 6.45) is 1.32. The smallest absolute Gasteiger partial charge is 0.255 e. The molecule has 3 amide bonds. The van der Waals surface area contributed by atoms with Crippen LogP contribution in [0.4, 0.5) is 4.39 Å². The number of rotatable bonds is 4. The Morgan fingerprint density at radius 2 is 1.84 bits per heavy atom. The minimum Gasteiger partial charge on any atom is -0.322 e. The topological polar surface area (TPSA) is 117 Å². The number of benzene rings is 2. The van der Waals surface area contributed by atoms with E-state index in [9.17, 15) is 27.2 Å². The van der Waals surface area contributed by atoms with Crippen LogP contribution >= 0.6 is 11.3 Å². The number of carbonyl (C=O) groups excluding carboxylic acids is 3. The van der Waals surface area contributed by atoms with Crippen LogP contribution in [0.15, 0.2) is 40.7 Å². The van der Waals surface area contributed by atoms with Crippen LogP contribution in [0.5, 0.6) is 0 Å². The molecule has 4 heterocycles. The lowest BCUT2D eigenvalue weighted by Gasteiger charge is -2.32. The van der Waals surface area contributed by atoms with Gasteiger partial charge in [-0.3, -0.25) is 19.7 Å². The molecule has 1 atom stereocenters. The highest BCUT2D eigenvalue weighted by molar-refractivity contribution is 7.89. The number of hydrogen-bond acceptors (Lipinski definition) is 7. The highest BCUT2D eigenvalue weighted by Gasteiger charge is 2.41. The van der Waals surface area contributed by atoms with Gasteiger partial charge in [-0.15, -0.1) is 11.3 Å². The molecule has 2 fully saturated rings. The van der Waals surface area contributed by atoms with E-state index in [-0.39, 0.29) is 54.8 Å². The Kier molecular flexibility index (Phi) is 5.85. The maximum Gasteiger partial charge on any atom is 0.255 e. The Bertz CT molecular complexity index is 1560. The second kappa shape index (κ2) is 8.96. The van der Waals surface area contributed by atoms with Crippen LogP contribution in [0.3, 0.4) is 0 Å². The van der Waals surface area contributed by atoms with Gasteiger partial charge in [0.05, 0.1) is 20.6 Å². The number of amides is 3. The van der Waals surface area contributed by atoms with Crippen LogP contribution in [0.2, 0.25) is 0 Å². The molecule has 2 saturated heterocycles. The van der Waals surface area contributed by atoms with Crippen molar-refractivity contribution in [3.63, 3.8) is 0 Å². The van der Waals surface area contributed by atoms with Crippen molar-refractivity contribution in [2.75, 3.05) is 13.1 Å². The molecule has 0 radical (unpaired) electrons. The van der Waals surface area contributed by atoms with Crippen LogP contribution in [0.25, 0.3) is 10.2 Å². The molecule has 1 unspecified atom stereocenters. The van der Waals surface area contributed by atoms with Crippen molar-refractivity contribution in [1.82, 2.24) is 19.5 Å². The number of nitrogens with one attached hydrogen (secondary N) is 1. The lowest BCUT2D eigenvalue weighted by atomic mass is 9.86. The van der Waals surface area contributed by atoms with Gasteiger partial charge in [0.1, 0.15) is 11.9 Å². The number of piperidine rings is 2. The molecule has 6 rings (SSSR count). The maximum atomic E-state index is 14.6. The summed E-state index contributed by atoms with van der Waals surface area (Å²) in [4.78, 5) is 42.9. The summed E-state index contributed by atoms with van der Waals surface area (Å²) in [6, 6.07) is 6.75. The fourth-order valence-corrected chi connectivity index (χ4v) is 7.86. The van der Waals surface area contributed by atoms with Gasteiger partial charge < -0.3 is 4.90 Å². The van der Waals surface area contributed by atoms with E-state index in [0.29, 0.717) is 24.0 Å². The number of imide groups is 1. The van der Waals surface area contributed by atoms with Crippen molar-refractivity contribution in [2.45, 2.75) is 49.1 Å². The summed E-state index contributed by atoms with van der Waals surface area (Å²) >= 11 is 1.38. The molecule has 2 aromatic carbocycles. The fourth-order valence-electron chi connectivity index (χ4n) is 5.57. The van der Waals surface area contributed by atoms with Crippen LogP contribution in [0, 0.1) is 5.82 Å². The molecule has 1 aromatic heterocycles. The van der Waals surface area contributed by atoms with Crippen molar-refractivity contribution < 1.29 is 27.2 Å². The van der Waals surface area contributed by atoms with Gasteiger partial charge in [-0.05, 0) is 66.6 Å². The van der Waals surface area contributed by atoms with Gasteiger partial charge in [-0.1, -0.05) is 0 Å². The Hall–Kier alpha value is -3.22. The van der Waals surface area contributed by atoms with Gasteiger partial charge in [0.25, 0.3) is 5.91 Å². The molecular formula is C25H23FN4O5S2. The molecule has 0 saturated carbocycles. The van der Waals surface area contributed by atoms with Gasteiger partial charge in [0.15, 0.2) is 0 Å². The summed E-state index contributed by atoms with van der Waals surface area (Å²) in [7, 11) is -3.70. The number of aromatic nitrogens is 1. The number of sulfonamides is 1.